The summed E-state index contributed by atoms with van der Waals surface area (Å²) in [5, 5.41) is 13.1. The van der Waals surface area contributed by atoms with Gasteiger partial charge in [-0.2, -0.15) is 0 Å². The molecule has 3 nitrogen and oxygen atoms in total. The van der Waals surface area contributed by atoms with Crippen molar-refractivity contribution in [3.63, 3.8) is 0 Å². The first-order valence-corrected chi connectivity index (χ1v) is 6.55. The predicted octanol–water partition coefficient (Wildman–Crippen LogP) is 3.85. The van der Waals surface area contributed by atoms with Crippen LogP contribution in [0.1, 0.15) is 18.1 Å². The summed E-state index contributed by atoms with van der Waals surface area (Å²) in [5.74, 6) is 0.225. The number of hydrogen-bond acceptors (Lipinski definition) is 3. The van der Waals surface area contributed by atoms with E-state index in [-0.39, 0.29) is 11.6 Å². The van der Waals surface area contributed by atoms with Crippen LogP contribution in [0.25, 0.3) is 0 Å². The zero-order chi connectivity index (χ0) is 14.5. The maximum Gasteiger partial charge on any atom is 0.162 e. The van der Waals surface area contributed by atoms with E-state index in [0.29, 0.717) is 30.2 Å². The Labute approximate surface area is 118 Å². The van der Waals surface area contributed by atoms with E-state index in [1.165, 1.54) is 6.07 Å². The molecule has 0 saturated carbocycles. The topological polar surface area (TPSA) is 41.5 Å². The minimum absolute atomic E-state index is 0.0925. The van der Waals surface area contributed by atoms with E-state index in [1.54, 1.807) is 30.3 Å². The van der Waals surface area contributed by atoms with Gasteiger partial charge in [0.1, 0.15) is 5.82 Å². The Hall–Kier alpha value is -2.23. The monoisotopic (exact) mass is 275 g/mol. The van der Waals surface area contributed by atoms with Crippen molar-refractivity contribution in [2.45, 2.75) is 20.4 Å². The number of phenols is 1. The molecule has 0 heterocycles. The zero-order valence-corrected chi connectivity index (χ0v) is 11.6. The smallest absolute Gasteiger partial charge is 0.162 e. The highest BCUT2D eigenvalue weighted by Gasteiger charge is 2.08. The van der Waals surface area contributed by atoms with Gasteiger partial charge in [0.2, 0.25) is 0 Å². The summed E-state index contributed by atoms with van der Waals surface area (Å²) in [7, 11) is 0. The Bertz CT molecular complexity index is 599. The number of para-hydroxylation sites is 1. The van der Waals surface area contributed by atoms with Gasteiger partial charge in [0.15, 0.2) is 11.5 Å². The SMILES string of the molecule is CCOc1cccc(CNc2cc(C)ccc2F)c1O. The number of anilines is 1. The lowest BCUT2D eigenvalue weighted by Gasteiger charge is -2.12. The predicted molar refractivity (Wildman–Crippen MR) is 77.7 cm³/mol. The van der Waals surface area contributed by atoms with Gasteiger partial charge in [-0.1, -0.05) is 18.2 Å². The molecule has 0 aliphatic rings. The van der Waals surface area contributed by atoms with E-state index in [4.69, 9.17) is 4.74 Å². The highest BCUT2D eigenvalue weighted by Crippen LogP contribution is 2.30. The van der Waals surface area contributed by atoms with E-state index in [9.17, 15) is 9.50 Å². The number of phenolic OH excluding ortho intramolecular Hbond substituents is 1. The largest absolute Gasteiger partial charge is 0.504 e. The van der Waals surface area contributed by atoms with Gasteiger partial charge in [-0.05, 0) is 37.6 Å². The third-order valence-corrected chi connectivity index (χ3v) is 2.97. The number of aryl methyl sites for hydroxylation is 1. The van der Waals surface area contributed by atoms with Crippen LogP contribution in [0.4, 0.5) is 10.1 Å². The summed E-state index contributed by atoms with van der Waals surface area (Å²) in [6.45, 7) is 4.56. The van der Waals surface area contributed by atoms with Crippen LogP contribution in [0.5, 0.6) is 11.5 Å². The molecule has 0 radical (unpaired) electrons. The van der Waals surface area contributed by atoms with Gasteiger partial charge in [0, 0.05) is 12.1 Å². The Balaban J connectivity index is 2.14. The third kappa shape index (κ3) is 3.20. The number of nitrogens with one attached hydrogen (secondary N) is 1. The molecular weight excluding hydrogens is 257 g/mol. The summed E-state index contributed by atoms with van der Waals surface area (Å²) < 4.78 is 18.9. The molecule has 0 aliphatic carbocycles. The highest BCUT2D eigenvalue weighted by atomic mass is 19.1. The van der Waals surface area contributed by atoms with Crippen LogP contribution in [0.3, 0.4) is 0 Å². The second-order valence-electron chi connectivity index (χ2n) is 4.53. The lowest BCUT2D eigenvalue weighted by atomic mass is 10.1. The molecule has 2 N–H and O–H groups in total. The van der Waals surface area contributed by atoms with Crippen molar-refractivity contribution in [1.29, 1.82) is 0 Å². The fraction of sp³-hybridized carbons (Fsp3) is 0.250. The van der Waals surface area contributed by atoms with Crippen molar-refractivity contribution in [2.24, 2.45) is 0 Å². The molecule has 106 valence electrons. The van der Waals surface area contributed by atoms with Gasteiger partial charge in [-0.25, -0.2) is 4.39 Å². The first kappa shape index (κ1) is 14.2. The average molecular weight is 275 g/mol. The van der Waals surface area contributed by atoms with E-state index in [1.807, 2.05) is 13.8 Å². The van der Waals surface area contributed by atoms with Crippen LogP contribution in [-0.2, 0) is 6.54 Å². The summed E-state index contributed by atoms with van der Waals surface area (Å²) in [4.78, 5) is 0. The molecule has 2 aromatic carbocycles. The van der Waals surface area contributed by atoms with Crippen LogP contribution in [0.2, 0.25) is 0 Å². The van der Waals surface area contributed by atoms with Crippen molar-refractivity contribution in [1.82, 2.24) is 0 Å². The molecule has 0 atom stereocenters. The van der Waals surface area contributed by atoms with E-state index < -0.39 is 0 Å². The first-order chi connectivity index (χ1) is 9.61. The molecule has 2 rings (SSSR count). The number of aromatic hydroxyl groups is 1. The Kier molecular flexibility index (Phi) is 4.45. The van der Waals surface area contributed by atoms with Crippen LogP contribution in [0.15, 0.2) is 36.4 Å². The lowest BCUT2D eigenvalue weighted by molar-refractivity contribution is 0.317. The summed E-state index contributed by atoms with van der Waals surface area (Å²) in [6.07, 6.45) is 0. The molecular formula is C16H18FNO2. The van der Waals surface area contributed by atoms with Crippen molar-refractivity contribution in [3.05, 3.63) is 53.3 Å². The van der Waals surface area contributed by atoms with Gasteiger partial charge in [0.05, 0.1) is 12.3 Å². The van der Waals surface area contributed by atoms with Gasteiger partial charge >= 0.3 is 0 Å². The van der Waals surface area contributed by atoms with E-state index >= 15 is 0 Å². The van der Waals surface area contributed by atoms with E-state index in [2.05, 4.69) is 5.32 Å². The molecule has 0 amide bonds. The third-order valence-electron chi connectivity index (χ3n) is 2.97. The highest BCUT2D eigenvalue weighted by molar-refractivity contribution is 5.50. The molecule has 0 fully saturated rings. The number of rotatable bonds is 5. The fourth-order valence-corrected chi connectivity index (χ4v) is 1.95. The Morgan fingerprint density at radius 1 is 1.25 bits per heavy atom. The average Bonchev–Trinajstić information content (AvgIpc) is 2.43. The molecule has 0 bridgehead atoms. The summed E-state index contributed by atoms with van der Waals surface area (Å²) >= 11 is 0. The van der Waals surface area contributed by atoms with Crippen molar-refractivity contribution in [3.8, 4) is 11.5 Å². The minimum atomic E-state index is -0.309. The molecule has 4 heteroatoms. The van der Waals surface area contributed by atoms with Crippen molar-refractivity contribution < 1.29 is 14.2 Å². The maximum atomic E-state index is 13.6. The van der Waals surface area contributed by atoms with Crippen LogP contribution in [-0.4, -0.2) is 11.7 Å². The maximum absolute atomic E-state index is 13.6. The molecule has 0 saturated heterocycles. The van der Waals surface area contributed by atoms with Crippen LogP contribution in [0, 0.1) is 12.7 Å². The normalized spacial score (nSPS) is 10.3. The van der Waals surface area contributed by atoms with E-state index in [0.717, 1.165) is 5.56 Å². The first-order valence-electron chi connectivity index (χ1n) is 6.55. The van der Waals surface area contributed by atoms with Crippen molar-refractivity contribution in [2.75, 3.05) is 11.9 Å². The number of hydrogen-bond donors (Lipinski definition) is 2. The minimum Gasteiger partial charge on any atom is -0.504 e. The molecule has 0 aliphatic heterocycles. The quantitative estimate of drug-likeness (QED) is 0.871. The molecule has 0 unspecified atom stereocenters. The second kappa shape index (κ2) is 6.28. The molecule has 2 aromatic rings. The molecule has 0 spiro atoms. The number of halogens is 1. The summed E-state index contributed by atoms with van der Waals surface area (Å²) in [6, 6.07) is 10.2. The standard InChI is InChI=1S/C16H18FNO2/c1-3-20-15-6-4-5-12(16(15)19)10-18-14-9-11(2)7-8-13(14)17/h4-9,18-19H,3,10H2,1-2H3. The van der Waals surface area contributed by atoms with Gasteiger partial charge in [-0.15, -0.1) is 0 Å². The van der Waals surface area contributed by atoms with Crippen molar-refractivity contribution >= 4 is 5.69 Å². The zero-order valence-electron chi connectivity index (χ0n) is 11.6. The second-order valence-corrected chi connectivity index (χ2v) is 4.53. The molecule has 20 heavy (non-hydrogen) atoms. The van der Waals surface area contributed by atoms with Crippen LogP contribution >= 0.6 is 0 Å². The Morgan fingerprint density at radius 3 is 2.80 bits per heavy atom. The number of benzene rings is 2. The van der Waals surface area contributed by atoms with Crippen LogP contribution < -0.4 is 10.1 Å². The lowest BCUT2D eigenvalue weighted by Crippen LogP contribution is -2.03. The van der Waals surface area contributed by atoms with Gasteiger partial charge in [-0.3, -0.25) is 0 Å². The fourth-order valence-electron chi connectivity index (χ4n) is 1.95. The summed E-state index contributed by atoms with van der Waals surface area (Å²) in [5.41, 5.74) is 2.06. The molecule has 0 aromatic heterocycles. The van der Waals surface area contributed by atoms with Gasteiger partial charge in [0.25, 0.3) is 0 Å². The Morgan fingerprint density at radius 2 is 2.05 bits per heavy atom. The number of ether oxygens (including phenoxy) is 1. The van der Waals surface area contributed by atoms with Gasteiger partial charge < -0.3 is 15.2 Å².